The van der Waals surface area contributed by atoms with Crippen LogP contribution in [-0.2, 0) is 11.2 Å². The fourth-order valence-corrected chi connectivity index (χ4v) is 2.99. The van der Waals surface area contributed by atoms with Crippen LogP contribution in [0.25, 0.3) is 0 Å². The molecule has 0 saturated carbocycles. The Morgan fingerprint density at radius 3 is 2.62 bits per heavy atom. The Morgan fingerprint density at radius 2 is 1.92 bits per heavy atom. The van der Waals surface area contributed by atoms with Crippen molar-refractivity contribution < 1.29 is 4.79 Å². The first-order valence-electron chi connectivity index (χ1n) is 8.11. The summed E-state index contributed by atoms with van der Waals surface area (Å²) in [5.74, 6) is 0.872. The van der Waals surface area contributed by atoms with Crippen LogP contribution in [0.2, 0.25) is 0 Å². The number of benzene rings is 1. The van der Waals surface area contributed by atoms with E-state index in [0.29, 0.717) is 44.0 Å². The molecule has 0 unspecified atom stereocenters. The van der Waals surface area contributed by atoms with Crippen LogP contribution in [0.5, 0.6) is 0 Å². The standard InChI is InChI=1S/C19H20N4O/c1-15-5-2-3-6-16(15)13-18(24)22-9-11-23(12-10-22)19-17(14-20)7-4-8-21-19/h2-8H,9-13H2,1H3. The molecule has 2 heterocycles. The summed E-state index contributed by atoms with van der Waals surface area (Å²) in [6.45, 7) is 4.75. The second-order valence-corrected chi connectivity index (χ2v) is 5.96. The number of rotatable bonds is 3. The Bertz CT molecular complexity index is 773. The average Bonchev–Trinajstić information content (AvgIpc) is 2.63. The molecule has 3 rings (SSSR count). The number of hydrogen-bond acceptors (Lipinski definition) is 4. The third kappa shape index (κ3) is 3.38. The largest absolute Gasteiger partial charge is 0.352 e. The third-order valence-electron chi connectivity index (χ3n) is 4.44. The Kier molecular flexibility index (Phi) is 4.76. The minimum absolute atomic E-state index is 0.158. The first kappa shape index (κ1) is 16.0. The quantitative estimate of drug-likeness (QED) is 0.869. The van der Waals surface area contributed by atoms with Crippen LogP contribution in [0, 0.1) is 18.3 Å². The minimum atomic E-state index is 0.158. The number of pyridine rings is 1. The Hall–Kier alpha value is -2.87. The van der Waals surface area contributed by atoms with Crippen LogP contribution in [0.4, 0.5) is 5.82 Å². The molecule has 0 aliphatic carbocycles. The molecule has 1 amide bonds. The van der Waals surface area contributed by atoms with Gasteiger partial charge in [0.1, 0.15) is 11.9 Å². The van der Waals surface area contributed by atoms with Crippen LogP contribution < -0.4 is 4.90 Å². The number of nitrogens with zero attached hydrogens (tertiary/aromatic N) is 4. The maximum Gasteiger partial charge on any atom is 0.227 e. The molecule has 0 atom stereocenters. The van der Waals surface area contributed by atoms with Gasteiger partial charge in [-0.25, -0.2) is 4.98 Å². The van der Waals surface area contributed by atoms with Gasteiger partial charge in [-0.15, -0.1) is 0 Å². The van der Waals surface area contributed by atoms with Crippen LogP contribution in [0.15, 0.2) is 42.6 Å². The van der Waals surface area contributed by atoms with Crippen LogP contribution in [0.3, 0.4) is 0 Å². The Morgan fingerprint density at radius 1 is 1.17 bits per heavy atom. The van der Waals surface area contributed by atoms with Crippen molar-refractivity contribution in [2.75, 3.05) is 31.1 Å². The van der Waals surface area contributed by atoms with Gasteiger partial charge >= 0.3 is 0 Å². The first-order chi connectivity index (χ1) is 11.7. The number of aromatic nitrogens is 1. The number of aryl methyl sites for hydroxylation is 1. The highest BCUT2D eigenvalue weighted by Crippen LogP contribution is 2.18. The summed E-state index contributed by atoms with van der Waals surface area (Å²) in [5.41, 5.74) is 2.82. The molecular formula is C19H20N4O. The topological polar surface area (TPSA) is 60.2 Å². The summed E-state index contributed by atoms with van der Waals surface area (Å²) >= 11 is 0. The first-order valence-corrected chi connectivity index (χ1v) is 8.11. The zero-order valence-electron chi connectivity index (χ0n) is 13.8. The molecule has 0 spiro atoms. The summed E-state index contributed by atoms with van der Waals surface area (Å²) < 4.78 is 0. The lowest BCUT2D eigenvalue weighted by atomic mass is 10.1. The van der Waals surface area contributed by atoms with E-state index in [4.69, 9.17) is 0 Å². The van der Waals surface area contributed by atoms with E-state index in [0.717, 1.165) is 11.1 Å². The number of anilines is 1. The molecule has 0 radical (unpaired) electrons. The van der Waals surface area contributed by atoms with Crippen molar-refractivity contribution in [3.63, 3.8) is 0 Å². The summed E-state index contributed by atoms with van der Waals surface area (Å²) in [4.78, 5) is 20.8. The summed E-state index contributed by atoms with van der Waals surface area (Å²) in [6, 6.07) is 13.7. The van der Waals surface area contributed by atoms with Gasteiger partial charge in [0.2, 0.25) is 5.91 Å². The van der Waals surface area contributed by atoms with E-state index in [9.17, 15) is 10.1 Å². The van der Waals surface area contributed by atoms with E-state index >= 15 is 0 Å². The van der Waals surface area contributed by atoms with Gasteiger partial charge in [-0.2, -0.15) is 5.26 Å². The van der Waals surface area contributed by atoms with Crippen LogP contribution >= 0.6 is 0 Å². The van der Waals surface area contributed by atoms with Crippen molar-refractivity contribution >= 4 is 11.7 Å². The van der Waals surface area contributed by atoms with Crippen molar-refractivity contribution in [1.82, 2.24) is 9.88 Å². The van der Waals surface area contributed by atoms with Crippen molar-refractivity contribution in [2.24, 2.45) is 0 Å². The summed E-state index contributed by atoms with van der Waals surface area (Å²) in [7, 11) is 0. The normalized spacial score (nSPS) is 14.3. The summed E-state index contributed by atoms with van der Waals surface area (Å²) in [6.07, 6.45) is 2.14. The summed E-state index contributed by atoms with van der Waals surface area (Å²) in [5, 5.41) is 9.20. The highest BCUT2D eigenvalue weighted by molar-refractivity contribution is 5.79. The lowest BCUT2D eigenvalue weighted by molar-refractivity contribution is -0.130. The van der Waals surface area contributed by atoms with Gasteiger partial charge in [-0.1, -0.05) is 24.3 Å². The number of carbonyl (C=O) groups excluding carboxylic acids is 1. The zero-order chi connectivity index (χ0) is 16.9. The molecule has 0 N–H and O–H groups in total. The molecule has 1 aromatic carbocycles. The molecule has 1 aliphatic heterocycles. The lowest BCUT2D eigenvalue weighted by Crippen LogP contribution is -2.49. The molecule has 5 nitrogen and oxygen atoms in total. The van der Waals surface area contributed by atoms with E-state index in [1.54, 1.807) is 18.3 Å². The second-order valence-electron chi connectivity index (χ2n) is 5.96. The third-order valence-corrected chi connectivity index (χ3v) is 4.44. The fourth-order valence-electron chi connectivity index (χ4n) is 2.99. The Balaban J connectivity index is 1.62. The van der Waals surface area contributed by atoms with Gasteiger partial charge < -0.3 is 9.80 Å². The maximum absolute atomic E-state index is 12.5. The van der Waals surface area contributed by atoms with Crippen LogP contribution in [-0.4, -0.2) is 42.0 Å². The van der Waals surface area contributed by atoms with E-state index < -0.39 is 0 Å². The highest BCUT2D eigenvalue weighted by Gasteiger charge is 2.23. The molecule has 0 bridgehead atoms. The molecule has 122 valence electrons. The number of nitriles is 1. The van der Waals surface area contributed by atoms with E-state index in [1.807, 2.05) is 36.1 Å². The smallest absolute Gasteiger partial charge is 0.227 e. The van der Waals surface area contributed by atoms with E-state index in [2.05, 4.69) is 16.0 Å². The van der Waals surface area contributed by atoms with Gasteiger partial charge in [0, 0.05) is 32.4 Å². The predicted molar refractivity (Wildman–Crippen MR) is 92.6 cm³/mol. The van der Waals surface area contributed by atoms with Gasteiger partial charge in [0.15, 0.2) is 0 Å². The van der Waals surface area contributed by atoms with Gasteiger partial charge in [0.05, 0.1) is 12.0 Å². The number of piperazine rings is 1. The molecule has 1 fully saturated rings. The van der Waals surface area contributed by atoms with Crippen molar-refractivity contribution in [1.29, 1.82) is 5.26 Å². The highest BCUT2D eigenvalue weighted by atomic mass is 16.2. The van der Waals surface area contributed by atoms with E-state index in [-0.39, 0.29) is 5.91 Å². The number of carbonyl (C=O) groups is 1. The van der Waals surface area contributed by atoms with Gasteiger partial charge in [-0.05, 0) is 30.2 Å². The number of hydrogen-bond donors (Lipinski definition) is 0. The van der Waals surface area contributed by atoms with Crippen molar-refractivity contribution in [3.05, 3.63) is 59.3 Å². The van der Waals surface area contributed by atoms with Gasteiger partial charge in [0.25, 0.3) is 0 Å². The minimum Gasteiger partial charge on any atom is -0.352 e. The lowest BCUT2D eigenvalue weighted by Gasteiger charge is -2.35. The molecule has 2 aromatic rings. The maximum atomic E-state index is 12.5. The number of amides is 1. The van der Waals surface area contributed by atoms with Crippen molar-refractivity contribution in [3.8, 4) is 6.07 Å². The molecule has 5 heteroatoms. The van der Waals surface area contributed by atoms with E-state index in [1.165, 1.54) is 0 Å². The molecule has 1 aromatic heterocycles. The van der Waals surface area contributed by atoms with Gasteiger partial charge in [-0.3, -0.25) is 4.79 Å². The monoisotopic (exact) mass is 320 g/mol. The predicted octanol–water partition coefficient (Wildman–Crippen LogP) is 2.15. The average molecular weight is 320 g/mol. The van der Waals surface area contributed by atoms with Crippen LogP contribution in [0.1, 0.15) is 16.7 Å². The molecule has 1 aliphatic rings. The fraction of sp³-hybridized carbons (Fsp3) is 0.316. The Labute approximate surface area is 142 Å². The second kappa shape index (κ2) is 7.14. The zero-order valence-corrected chi connectivity index (χ0v) is 13.8. The molecule has 24 heavy (non-hydrogen) atoms. The molecular weight excluding hydrogens is 300 g/mol. The van der Waals surface area contributed by atoms with Crippen molar-refractivity contribution in [2.45, 2.75) is 13.3 Å². The molecule has 1 saturated heterocycles. The SMILES string of the molecule is Cc1ccccc1CC(=O)N1CCN(c2ncccc2C#N)CC1.